The van der Waals surface area contributed by atoms with E-state index in [1.165, 1.54) is 11.0 Å². The van der Waals surface area contributed by atoms with E-state index in [1.54, 1.807) is 7.05 Å². The Hall–Kier alpha value is -1.89. The summed E-state index contributed by atoms with van der Waals surface area (Å²) < 4.78 is 29.0. The molecule has 0 saturated carbocycles. The highest BCUT2D eigenvalue weighted by Crippen LogP contribution is 2.30. The summed E-state index contributed by atoms with van der Waals surface area (Å²) in [5, 5.41) is 5.31. The fourth-order valence-corrected chi connectivity index (χ4v) is 3.50. The van der Waals surface area contributed by atoms with E-state index in [0.29, 0.717) is 19.4 Å². The maximum atomic E-state index is 14.6. The lowest BCUT2D eigenvalue weighted by atomic mass is 9.97. The second kappa shape index (κ2) is 13.4. The third-order valence-corrected chi connectivity index (χ3v) is 5.41. The number of urea groups is 1. The van der Waals surface area contributed by atoms with Crippen LogP contribution in [0.5, 0.6) is 0 Å². The monoisotopic (exact) mass is 447 g/mol. The first-order chi connectivity index (χ1) is 13.3. The smallest absolute Gasteiger partial charge is 0.317 e. The quantitative estimate of drug-likeness (QED) is 0.398. The van der Waals surface area contributed by atoms with Gasteiger partial charge in [0.05, 0.1) is 17.0 Å². The van der Waals surface area contributed by atoms with Crippen molar-refractivity contribution in [3.63, 3.8) is 0 Å². The molecule has 1 aliphatic heterocycles. The molecule has 8 heteroatoms. The van der Waals surface area contributed by atoms with Crippen LogP contribution in [0.25, 0.3) is 0 Å². The molecule has 1 saturated heterocycles. The molecule has 3 amide bonds. The van der Waals surface area contributed by atoms with Crippen molar-refractivity contribution >= 4 is 23.5 Å². The zero-order valence-corrected chi connectivity index (χ0v) is 17.1. The van der Waals surface area contributed by atoms with Gasteiger partial charge >= 0.3 is 6.03 Å². The minimum absolute atomic E-state index is 0. The standard InChI is InChI=1S/C20H28ClF2N3O2.2CH4/c1-3-4-5-6-7-16(17-15(22)9-8-14(21)18(17)23)25-19(27)13-10-11-26(2)20(28)24-12-13;;/h8-9,13,16H,3-7,10-12H2,1-2H3,(H,24,28)(H,25,27);2*1H4/t13-,16?;;/m0../s1. The molecular weight excluding hydrogens is 412 g/mol. The molecule has 5 nitrogen and oxygen atoms in total. The highest BCUT2D eigenvalue weighted by molar-refractivity contribution is 6.30. The van der Waals surface area contributed by atoms with Gasteiger partial charge in [0.25, 0.3) is 0 Å². The summed E-state index contributed by atoms with van der Waals surface area (Å²) in [5.41, 5.74) is -0.202. The average molecular weight is 448 g/mol. The Bertz CT molecular complexity index is 703. The molecule has 1 fully saturated rings. The van der Waals surface area contributed by atoms with Crippen LogP contribution in [-0.2, 0) is 4.79 Å². The van der Waals surface area contributed by atoms with Crippen molar-refractivity contribution in [2.75, 3.05) is 20.1 Å². The average Bonchev–Trinajstić information content (AvgIpc) is 2.83. The van der Waals surface area contributed by atoms with Crippen molar-refractivity contribution in [1.29, 1.82) is 0 Å². The highest BCUT2D eigenvalue weighted by Gasteiger charge is 2.29. The summed E-state index contributed by atoms with van der Waals surface area (Å²) in [7, 11) is 1.66. The number of hydrogen-bond donors (Lipinski definition) is 2. The van der Waals surface area contributed by atoms with Crippen molar-refractivity contribution < 1.29 is 18.4 Å². The first kappa shape index (κ1) is 28.1. The molecule has 0 aliphatic carbocycles. The van der Waals surface area contributed by atoms with Crippen molar-refractivity contribution in [3.8, 4) is 0 Å². The maximum Gasteiger partial charge on any atom is 0.317 e. The lowest BCUT2D eigenvalue weighted by molar-refractivity contribution is -0.125. The zero-order valence-electron chi connectivity index (χ0n) is 16.4. The Morgan fingerprint density at radius 1 is 1.30 bits per heavy atom. The summed E-state index contributed by atoms with van der Waals surface area (Å²) in [4.78, 5) is 26.0. The molecule has 0 aromatic heterocycles. The number of benzene rings is 1. The van der Waals surface area contributed by atoms with Crippen molar-refractivity contribution in [2.24, 2.45) is 5.92 Å². The second-order valence-corrected chi connectivity index (χ2v) is 7.67. The van der Waals surface area contributed by atoms with Crippen LogP contribution in [0.15, 0.2) is 12.1 Å². The molecule has 1 aromatic rings. The van der Waals surface area contributed by atoms with E-state index in [-0.39, 0.29) is 43.9 Å². The molecule has 0 spiro atoms. The van der Waals surface area contributed by atoms with Crippen LogP contribution >= 0.6 is 11.6 Å². The van der Waals surface area contributed by atoms with Crippen LogP contribution in [0.3, 0.4) is 0 Å². The normalized spacial score (nSPS) is 17.2. The molecule has 2 N–H and O–H groups in total. The van der Waals surface area contributed by atoms with E-state index in [1.807, 2.05) is 0 Å². The van der Waals surface area contributed by atoms with Gasteiger partial charge in [0.1, 0.15) is 11.6 Å². The second-order valence-electron chi connectivity index (χ2n) is 7.26. The highest BCUT2D eigenvalue weighted by atomic mass is 35.5. The Morgan fingerprint density at radius 2 is 2.00 bits per heavy atom. The van der Waals surface area contributed by atoms with Crippen LogP contribution in [0.2, 0.25) is 5.02 Å². The van der Waals surface area contributed by atoms with Crippen molar-refractivity contribution in [3.05, 3.63) is 34.4 Å². The molecule has 1 aliphatic rings. The van der Waals surface area contributed by atoms with Crippen LogP contribution in [0, 0.1) is 17.6 Å². The van der Waals surface area contributed by atoms with E-state index < -0.39 is 23.6 Å². The molecule has 0 bridgehead atoms. The van der Waals surface area contributed by atoms with Gasteiger partial charge in [0.2, 0.25) is 5.91 Å². The number of carbonyl (C=O) groups is 2. The summed E-state index contributed by atoms with van der Waals surface area (Å²) >= 11 is 5.85. The van der Waals surface area contributed by atoms with Crippen LogP contribution in [0.1, 0.15) is 71.9 Å². The number of halogens is 3. The Labute approximate surface area is 184 Å². The van der Waals surface area contributed by atoms with Gasteiger partial charge in [-0.3, -0.25) is 4.79 Å². The van der Waals surface area contributed by atoms with Gasteiger partial charge in [-0.15, -0.1) is 0 Å². The predicted octanol–water partition coefficient (Wildman–Crippen LogP) is 5.68. The minimum atomic E-state index is -0.837. The van der Waals surface area contributed by atoms with E-state index in [2.05, 4.69) is 17.6 Å². The van der Waals surface area contributed by atoms with Crippen LogP contribution in [0.4, 0.5) is 13.6 Å². The first-order valence-corrected chi connectivity index (χ1v) is 10.2. The molecule has 172 valence electrons. The number of rotatable bonds is 8. The molecule has 30 heavy (non-hydrogen) atoms. The molecule has 0 radical (unpaired) electrons. The zero-order chi connectivity index (χ0) is 20.7. The van der Waals surface area contributed by atoms with E-state index in [0.717, 1.165) is 31.7 Å². The predicted molar refractivity (Wildman–Crippen MR) is 119 cm³/mol. The number of carbonyl (C=O) groups excluding carboxylic acids is 2. The third kappa shape index (κ3) is 7.42. The van der Waals surface area contributed by atoms with E-state index in [4.69, 9.17) is 11.6 Å². The van der Waals surface area contributed by atoms with Gasteiger partial charge in [0.15, 0.2) is 0 Å². The van der Waals surface area contributed by atoms with Gasteiger partial charge in [-0.1, -0.05) is 59.1 Å². The topological polar surface area (TPSA) is 61.4 Å². The molecule has 1 aromatic carbocycles. The summed E-state index contributed by atoms with van der Waals surface area (Å²) in [6.45, 7) is 2.70. The number of hydrogen-bond acceptors (Lipinski definition) is 2. The fraction of sp³-hybridized carbons (Fsp3) is 0.636. The van der Waals surface area contributed by atoms with Gasteiger partial charge in [0, 0.05) is 25.7 Å². The van der Waals surface area contributed by atoms with Crippen LogP contribution < -0.4 is 10.6 Å². The minimum Gasteiger partial charge on any atom is -0.349 e. The molecule has 1 unspecified atom stereocenters. The summed E-state index contributed by atoms with van der Waals surface area (Å²) in [5.74, 6) is -2.35. The summed E-state index contributed by atoms with van der Waals surface area (Å²) in [6.07, 6.45) is 4.59. The van der Waals surface area contributed by atoms with Gasteiger partial charge in [-0.05, 0) is 25.0 Å². The fourth-order valence-electron chi connectivity index (χ4n) is 3.34. The maximum absolute atomic E-state index is 14.6. The lowest BCUT2D eigenvalue weighted by Crippen LogP contribution is -2.40. The third-order valence-electron chi connectivity index (χ3n) is 5.12. The van der Waals surface area contributed by atoms with Crippen molar-refractivity contribution in [1.82, 2.24) is 15.5 Å². The number of amides is 3. The summed E-state index contributed by atoms with van der Waals surface area (Å²) in [6, 6.07) is 1.24. The molecule has 1 heterocycles. The van der Waals surface area contributed by atoms with Crippen molar-refractivity contribution in [2.45, 2.75) is 66.3 Å². The van der Waals surface area contributed by atoms with Crippen LogP contribution in [-0.4, -0.2) is 37.0 Å². The van der Waals surface area contributed by atoms with Gasteiger partial charge in [-0.25, -0.2) is 13.6 Å². The molecule has 2 atom stereocenters. The van der Waals surface area contributed by atoms with E-state index in [9.17, 15) is 18.4 Å². The Balaban J connectivity index is 0.00000420. The van der Waals surface area contributed by atoms with Gasteiger partial charge < -0.3 is 15.5 Å². The lowest BCUT2D eigenvalue weighted by Gasteiger charge is -2.23. The SMILES string of the molecule is C.C.CCCCCCC(NC(=O)[C@H]1CCN(C)C(=O)NC1)c1c(F)ccc(Cl)c1F. The molecule has 2 rings (SSSR count). The van der Waals surface area contributed by atoms with E-state index >= 15 is 0 Å². The Kier molecular flexibility index (Phi) is 12.6. The molecular formula is C22H36ClF2N3O2. The number of nitrogens with one attached hydrogen (secondary N) is 2. The van der Waals surface area contributed by atoms with Gasteiger partial charge in [-0.2, -0.15) is 0 Å². The first-order valence-electron chi connectivity index (χ1n) is 9.77. The number of unbranched alkanes of at least 4 members (excludes halogenated alkanes) is 3. The largest absolute Gasteiger partial charge is 0.349 e. The Morgan fingerprint density at radius 3 is 2.67 bits per heavy atom. The number of nitrogens with zero attached hydrogens (tertiary/aromatic N) is 1.